The summed E-state index contributed by atoms with van der Waals surface area (Å²) in [7, 11) is 1.45. The van der Waals surface area contributed by atoms with Crippen molar-refractivity contribution >= 4 is 17.4 Å². The molecule has 1 atom stereocenters. The molecule has 1 N–H and O–H groups in total. The van der Waals surface area contributed by atoms with Crippen LogP contribution in [0.5, 0.6) is 5.88 Å². The van der Waals surface area contributed by atoms with Crippen molar-refractivity contribution < 1.29 is 23.5 Å². The van der Waals surface area contributed by atoms with E-state index in [4.69, 9.17) is 16.3 Å². The van der Waals surface area contributed by atoms with Crippen LogP contribution in [0.4, 0.5) is 14.6 Å². The van der Waals surface area contributed by atoms with E-state index in [1.807, 2.05) is 4.90 Å². The molecular formula is C21H21ClF2N6O4. The lowest BCUT2D eigenvalue weighted by molar-refractivity contribution is -0.389. The Balaban J connectivity index is 1.53. The van der Waals surface area contributed by atoms with Gasteiger partial charge in [0.25, 0.3) is 0 Å². The Kier molecular flexibility index (Phi) is 6.47. The summed E-state index contributed by atoms with van der Waals surface area (Å²) in [6.45, 7) is 2.71. The van der Waals surface area contributed by atoms with Crippen LogP contribution in [0, 0.1) is 21.7 Å². The molecule has 10 nitrogen and oxygen atoms in total. The minimum absolute atomic E-state index is 0.00621. The van der Waals surface area contributed by atoms with Gasteiger partial charge in [0.15, 0.2) is 5.82 Å². The lowest BCUT2D eigenvalue weighted by atomic mass is 10.0. The highest BCUT2D eigenvalue weighted by atomic mass is 35.5. The van der Waals surface area contributed by atoms with Crippen LogP contribution >= 0.6 is 11.6 Å². The average molecular weight is 495 g/mol. The minimum Gasteiger partial charge on any atom is -0.481 e. The van der Waals surface area contributed by atoms with E-state index in [0.29, 0.717) is 30.8 Å². The van der Waals surface area contributed by atoms with Crippen LogP contribution < -0.4 is 4.74 Å². The third kappa shape index (κ3) is 5.13. The van der Waals surface area contributed by atoms with Crippen molar-refractivity contribution in [2.75, 3.05) is 20.2 Å². The maximum atomic E-state index is 13.7. The minimum atomic E-state index is -1.29. The summed E-state index contributed by atoms with van der Waals surface area (Å²) < 4.78 is 34.1. The molecule has 0 saturated carbocycles. The normalized spacial score (nSPS) is 15.6. The van der Waals surface area contributed by atoms with Gasteiger partial charge in [0, 0.05) is 43.2 Å². The van der Waals surface area contributed by atoms with Crippen molar-refractivity contribution in [3.05, 3.63) is 62.7 Å². The number of nitro groups is 1. The van der Waals surface area contributed by atoms with Crippen molar-refractivity contribution in [3.8, 4) is 17.3 Å². The molecule has 0 fully saturated rings. The summed E-state index contributed by atoms with van der Waals surface area (Å²) in [6, 6.07) is 3.09. The first-order valence-electron chi connectivity index (χ1n) is 10.3. The highest BCUT2D eigenvalue weighted by Gasteiger charge is 2.31. The van der Waals surface area contributed by atoms with Gasteiger partial charge in [-0.1, -0.05) is 0 Å². The van der Waals surface area contributed by atoms with Gasteiger partial charge in [0.05, 0.1) is 24.9 Å². The summed E-state index contributed by atoms with van der Waals surface area (Å²) in [5.41, 5.74) is 0.315. The highest BCUT2D eigenvalue weighted by molar-refractivity contribution is 6.28. The molecule has 1 aromatic carbocycles. The Morgan fingerprint density at radius 2 is 1.94 bits per heavy atom. The Morgan fingerprint density at radius 3 is 2.56 bits per heavy atom. The Bertz CT molecular complexity index is 1210. The molecule has 1 aliphatic heterocycles. The second-order valence-electron chi connectivity index (χ2n) is 8.35. The molecule has 0 amide bonds. The summed E-state index contributed by atoms with van der Waals surface area (Å²) in [4.78, 5) is 24.7. The third-order valence-electron chi connectivity index (χ3n) is 5.39. The number of fused-ring (bicyclic) bond motifs is 1. The Labute approximate surface area is 197 Å². The molecule has 3 aromatic rings. The molecule has 3 heterocycles. The Hall–Kier alpha value is -3.22. The van der Waals surface area contributed by atoms with E-state index in [-0.39, 0.29) is 35.6 Å². The highest BCUT2D eigenvalue weighted by Crippen LogP contribution is 2.30. The maximum absolute atomic E-state index is 13.7. The van der Waals surface area contributed by atoms with Crippen molar-refractivity contribution in [2.24, 2.45) is 0 Å². The van der Waals surface area contributed by atoms with Crippen LogP contribution in [0.2, 0.25) is 5.28 Å². The molecule has 0 unspecified atom stereocenters. The number of aliphatic hydroxyl groups is 1. The zero-order valence-electron chi connectivity index (χ0n) is 18.3. The topological polar surface area (TPSA) is 119 Å². The van der Waals surface area contributed by atoms with Crippen molar-refractivity contribution in [1.82, 2.24) is 24.4 Å². The molecule has 4 rings (SSSR count). The number of aromatic nitrogens is 4. The fraction of sp³-hybridized carbons (Fsp3) is 0.381. The number of ether oxygens (including phenoxy) is 1. The quantitative estimate of drug-likeness (QED) is 0.393. The van der Waals surface area contributed by atoms with Crippen LogP contribution in [0.3, 0.4) is 0 Å². The predicted octanol–water partition coefficient (Wildman–Crippen LogP) is 3.00. The fourth-order valence-corrected chi connectivity index (χ4v) is 4.23. The zero-order valence-corrected chi connectivity index (χ0v) is 19.1. The van der Waals surface area contributed by atoms with Gasteiger partial charge in [0.1, 0.15) is 17.8 Å². The number of hydrogen-bond donors (Lipinski definition) is 1. The summed E-state index contributed by atoms with van der Waals surface area (Å²) in [5.74, 6) is -1.42. The number of nitrogens with zero attached hydrogens (tertiary/aromatic N) is 6. The number of imidazole rings is 1. The van der Waals surface area contributed by atoms with Gasteiger partial charge in [0.2, 0.25) is 5.88 Å². The van der Waals surface area contributed by atoms with Gasteiger partial charge >= 0.3 is 11.1 Å². The number of halogens is 3. The van der Waals surface area contributed by atoms with Crippen LogP contribution in [0.15, 0.2) is 24.4 Å². The van der Waals surface area contributed by atoms with E-state index >= 15 is 0 Å². The van der Waals surface area contributed by atoms with Gasteiger partial charge < -0.3 is 20.0 Å². The van der Waals surface area contributed by atoms with Gasteiger partial charge in [-0.15, -0.1) is 0 Å². The standard InChI is InChI=1S/C21H21ClF2N6O4/c1-21(31,11-29-9-17(30(32)33)26-20(29)22)10-28-4-3-16-15(8-28)19(34-2)27-18(25-16)12-5-13(23)7-14(24)6-12/h5-7,9,31H,3-4,8,10-11H2,1-2H3/t21-/m1/s1. The SMILES string of the molecule is COc1nc(-c2cc(F)cc(F)c2)nc2c1CN(C[C@@](C)(O)Cn1cc([N+](=O)[O-])nc1Cl)CC2. The number of rotatable bonds is 7. The molecule has 0 bridgehead atoms. The van der Waals surface area contributed by atoms with E-state index in [1.165, 1.54) is 17.9 Å². The first-order chi connectivity index (χ1) is 16.0. The second-order valence-corrected chi connectivity index (χ2v) is 8.69. The first kappa shape index (κ1) is 23.9. The van der Waals surface area contributed by atoms with E-state index in [9.17, 15) is 24.0 Å². The number of hydrogen-bond acceptors (Lipinski definition) is 8. The second kappa shape index (κ2) is 9.20. The van der Waals surface area contributed by atoms with E-state index in [0.717, 1.165) is 18.2 Å². The number of benzene rings is 1. The van der Waals surface area contributed by atoms with Crippen LogP contribution in [-0.4, -0.2) is 60.2 Å². The predicted molar refractivity (Wildman–Crippen MR) is 117 cm³/mol. The maximum Gasteiger partial charge on any atom is 0.383 e. The van der Waals surface area contributed by atoms with Gasteiger partial charge in [-0.25, -0.2) is 13.8 Å². The molecule has 1 aliphatic rings. The van der Waals surface area contributed by atoms with E-state index in [1.54, 1.807) is 6.92 Å². The summed E-state index contributed by atoms with van der Waals surface area (Å²) in [6.07, 6.45) is 1.67. The molecular weight excluding hydrogens is 474 g/mol. The molecule has 0 radical (unpaired) electrons. The zero-order chi connectivity index (χ0) is 24.6. The number of β-amino-alcohol motifs (C(OH)–C–C–N with tert-alkyl or cyclic N) is 1. The molecule has 0 spiro atoms. The van der Waals surface area contributed by atoms with E-state index < -0.39 is 28.0 Å². The molecule has 34 heavy (non-hydrogen) atoms. The third-order valence-corrected chi connectivity index (χ3v) is 5.69. The van der Waals surface area contributed by atoms with Crippen LogP contribution in [0.25, 0.3) is 11.4 Å². The van der Waals surface area contributed by atoms with Gasteiger partial charge in [-0.3, -0.25) is 9.47 Å². The van der Waals surface area contributed by atoms with E-state index in [2.05, 4.69) is 15.0 Å². The lowest BCUT2D eigenvalue weighted by Crippen LogP contribution is -2.45. The summed E-state index contributed by atoms with van der Waals surface area (Å²) in [5, 5.41) is 21.8. The van der Waals surface area contributed by atoms with Gasteiger partial charge in [-0.05, 0) is 40.6 Å². The van der Waals surface area contributed by atoms with Gasteiger partial charge in [-0.2, -0.15) is 4.98 Å². The first-order valence-corrected chi connectivity index (χ1v) is 10.6. The molecule has 0 saturated heterocycles. The van der Waals surface area contributed by atoms with Crippen molar-refractivity contribution in [1.29, 1.82) is 0 Å². The molecule has 180 valence electrons. The largest absolute Gasteiger partial charge is 0.481 e. The molecule has 13 heteroatoms. The monoisotopic (exact) mass is 494 g/mol. The molecule has 2 aromatic heterocycles. The fourth-order valence-electron chi connectivity index (χ4n) is 4.03. The summed E-state index contributed by atoms with van der Waals surface area (Å²) >= 11 is 5.97. The molecule has 0 aliphatic carbocycles. The van der Waals surface area contributed by atoms with Crippen molar-refractivity contribution in [2.45, 2.75) is 32.0 Å². The Morgan fingerprint density at radius 1 is 1.24 bits per heavy atom. The lowest BCUT2D eigenvalue weighted by Gasteiger charge is -2.34. The number of methoxy groups -OCH3 is 1. The van der Waals surface area contributed by atoms with Crippen molar-refractivity contribution in [3.63, 3.8) is 0 Å². The smallest absolute Gasteiger partial charge is 0.383 e. The van der Waals surface area contributed by atoms with Crippen LogP contribution in [0.1, 0.15) is 18.2 Å². The average Bonchev–Trinajstić information content (AvgIpc) is 3.11. The van der Waals surface area contributed by atoms with Crippen LogP contribution in [-0.2, 0) is 19.5 Å².